The predicted octanol–water partition coefficient (Wildman–Crippen LogP) is 4.62. The molecule has 0 fully saturated rings. The summed E-state index contributed by atoms with van der Waals surface area (Å²) in [4.78, 5) is 37.7. The van der Waals surface area contributed by atoms with Crippen molar-refractivity contribution in [3.05, 3.63) is 51.8 Å². The van der Waals surface area contributed by atoms with Crippen LogP contribution in [0.2, 0.25) is 0 Å². The number of benzene rings is 1. The molecule has 0 aliphatic heterocycles. The van der Waals surface area contributed by atoms with Gasteiger partial charge in [-0.05, 0) is 38.5 Å². The number of amides is 2. The highest BCUT2D eigenvalue weighted by molar-refractivity contribution is 7.20. The number of nitrogens with one attached hydrogen (secondary N) is 1. The third kappa shape index (κ3) is 4.51. The standard InChI is InChI=1S/C23H28N4O2S/c1-13-8-10-16(11-9-13)25-17(28)12-27(7)21(29)19-14(2)18-15(3)24-22(23(4,5)6)26-20(18)30-19/h8-11H,12H2,1-7H3,(H,25,28). The van der Waals surface area contributed by atoms with Crippen molar-refractivity contribution in [1.29, 1.82) is 0 Å². The molecule has 0 saturated carbocycles. The van der Waals surface area contributed by atoms with E-state index < -0.39 is 0 Å². The van der Waals surface area contributed by atoms with Gasteiger partial charge in [-0.25, -0.2) is 9.97 Å². The molecule has 30 heavy (non-hydrogen) atoms. The zero-order valence-electron chi connectivity index (χ0n) is 18.6. The molecule has 6 nitrogen and oxygen atoms in total. The molecular weight excluding hydrogens is 396 g/mol. The minimum atomic E-state index is -0.237. The number of carbonyl (C=O) groups is 2. The number of likely N-dealkylation sites (N-methyl/N-ethyl adjacent to an activating group) is 1. The third-order valence-corrected chi connectivity index (χ3v) is 6.07. The Labute approximate surface area is 181 Å². The van der Waals surface area contributed by atoms with Gasteiger partial charge < -0.3 is 10.2 Å². The van der Waals surface area contributed by atoms with Gasteiger partial charge in [-0.1, -0.05) is 38.5 Å². The number of hydrogen-bond donors (Lipinski definition) is 1. The molecule has 0 radical (unpaired) electrons. The SMILES string of the molecule is Cc1ccc(NC(=O)CN(C)C(=O)c2sc3nc(C(C)(C)C)nc(C)c3c2C)cc1. The molecule has 0 aliphatic rings. The molecule has 1 N–H and O–H groups in total. The lowest BCUT2D eigenvalue weighted by Gasteiger charge is -2.17. The number of thiophene rings is 1. The van der Waals surface area contributed by atoms with Crippen LogP contribution in [0.1, 0.15) is 53.1 Å². The number of anilines is 1. The summed E-state index contributed by atoms with van der Waals surface area (Å²) in [6, 6.07) is 7.55. The number of nitrogens with zero attached hydrogens (tertiary/aromatic N) is 3. The van der Waals surface area contributed by atoms with E-state index in [2.05, 4.69) is 31.1 Å². The molecule has 3 aromatic rings. The molecule has 1 aromatic carbocycles. The van der Waals surface area contributed by atoms with E-state index in [1.165, 1.54) is 16.2 Å². The number of fused-ring (bicyclic) bond motifs is 1. The molecule has 2 aromatic heterocycles. The van der Waals surface area contributed by atoms with Crippen LogP contribution in [0.25, 0.3) is 10.2 Å². The van der Waals surface area contributed by atoms with Gasteiger partial charge in [0.05, 0.1) is 17.1 Å². The van der Waals surface area contributed by atoms with E-state index in [-0.39, 0.29) is 23.8 Å². The Hall–Kier alpha value is -2.80. The molecule has 0 spiro atoms. The second kappa shape index (κ2) is 8.14. The van der Waals surface area contributed by atoms with Gasteiger partial charge in [0.15, 0.2) is 0 Å². The van der Waals surface area contributed by atoms with Gasteiger partial charge in [0.25, 0.3) is 5.91 Å². The van der Waals surface area contributed by atoms with Crippen molar-refractivity contribution in [2.75, 3.05) is 18.9 Å². The summed E-state index contributed by atoms with van der Waals surface area (Å²) in [6.45, 7) is 12.0. The fraction of sp³-hybridized carbons (Fsp3) is 0.391. The number of rotatable bonds is 4. The Balaban J connectivity index is 1.81. The summed E-state index contributed by atoms with van der Waals surface area (Å²) in [5.41, 5.74) is 3.39. The summed E-state index contributed by atoms with van der Waals surface area (Å²) in [5.74, 6) is 0.337. The second-order valence-corrected chi connectivity index (χ2v) is 9.69. The van der Waals surface area contributed by atoms with Gasteiger partial charge in [0, 0.05) is 23.5 Å². The third-order valence-electron chi connectivity index (χ3n) is 4.90. The van der Waals surface area contributed by atoms with E-state index in [0.29, 0.717) is 10.6 Å². The first kappa shape index (κ1) is 21.9. The summed E-state index contributed by atoms with van der Waals surface area (Å²) < 4.78 is 0. The molecule has 0 unspecified atom stereocenters. The monoisotopic (exact) mass is 424 g/mol. The fourth-order valence-corrected chi connectivity index (χ4v) is 4.40. The molecule has 0 aliphatic carbocycles. The maximum Gasteiger partial charge on any atom is 0.264 e. The Morgan fingerprint density at radius 3 is 2.30 bits per heavy atom. The minimum Gasteiger partial charge on any atom is -0.332 e. The fourth-order valence-electron chi connectivity index (χ4n) is 3.18. The van der Waals surface area contributed by atoms with Crippen LogP contribution in [0.15, 0.2) is 24.3 Å². The highest BCUT2D eigenvalue weighted by Crippen LogP contribution is 2.33. The first-order valence-electron chi connectivity index (χ1n) is 9.87. The normalized spacial score (nSPS) is 11.6. The Kier molecular flexibility index (Phi) is 5.94. The Morgan fingerprint density at radius 2 is 1.70 bits per heavy atom. The van der Waals surface area contributed by atoms with Crippen LogP contribution in [-0.2, 0) is 10.2 Å². The van der Waals surface area contributed by atoms with E-state index in [1.54, 1.807) is 7.05 Å². The second-order valence-electron chi connectivity index (χ2n) is 8.69. The van der Waals surface area contributed by atoms with Crippen LogP contribution >= 0.6 is 11.3 Å². The van der Waals surface area contributed by atoms with E-state index in [9.17, 15) is 9.59 Å². The largest absolute Gasteiger partial charge is 0.332 e. The lowest BCUT2D eigenvalue weighted by atomic mass is 9.95. The van der Waals surface area contributed by atoms with Crippen LogP contribution in [0.4, 0.5) is 5.69 Å². The molecule has 158 valence electrons. The van der Waals surface area contributed by atoms with Gasteiger partial charge in [-0.2, -0.15) is 0 Å². The van der Waals surface area contributed by atoms with Gasteiger partial charge in [0.1, 0.15) is 10.7 Å². The van der Waals surface area contributed by atoms with Crippen LogP contribution < -0.4 is 5.32 Å². The first-order valence-corrected chi connectivity index (χ1v) is 10.7. The summed E-state index contributed by atoms with van der Waals surface area (Å²) in [5, 5.41) is 3.75. The zero-order valence-corrected chi connectivity index (χ0v) is 19.4. The Bertz CT molecular complexity index is 1110. The molecule has 0 bridgehead atoms. The highest BCUT2D eigenvalue weighted by atomic mass is 32.1. The molecule has 7 heteroatoms. The summed E-state index contributed by atoms with van der Waals surface area (Å²) >= 11 is 1.36. The van der Waals surface area contributed by atoms with Crippen molar-refractivity contribution in [2.24, 2.45) is 0 Å². The first-order chi connectivity index (χ1) is 14.0. The van der Waals surface area contributed by atoms with Crippen molar-refractivity contribution >= 4 is 39.1 Å². The lowest BCUT2D eigenvalue weighted by Crippen LogP contribution is -2.34. The van der Waals surface area contributed by atoms with Crippen molar-refractivity contribution in [3.63, 3.8) is 0 Å². The van der Waals surface area contributed by atoms with E-state index in [1.807, 2.05) is 45.0 Å². The number of hydrogen-bond acceptors (Lipinski definition) is 5. The molecule has 2 amide bonds. The van der Waals surface area contributed by atoms with E-state index >= 15 is 0 Å². The van der Waals surface area contributed by atoms with Crippen LogP contribution in [0.3, 0.4) is 0 Å². The van der Waals surface area contributed by atoms with Crippen LogP contribution in [0.5, 0.6) is 0 Å². The van der Waals surface area contributed by atoms with Gasteiger partial charge >= 0.3 is 0 Å². The van der Waals surface area contributed by atoms with Crippen molar-refractivity contribution < 1.29 is 9.59 Å². The van der Waals surface area contributed by atoms with Gasteiger partial charge in [-0.15, -0.1) is 11.3 Å². The summed E-state index contributed by atoms with van der Waals surface area (Å²) in [7, 11) is 1.64. The average Bonchev–Trinajstić information content (AvgIpc) is 2.99. The maximum absolute atomic E-state index is 13.1. The maximum atomic E-state index is 13.1. The Morgan fingerprint density at radius 1 is 1.07 bits per heavy atom. The minimum absolute atomic E-state index is 0.0295. The topological polar surface area (TPSA) is 75.2 Å². The van der Waals surface area contributed by atoms with Gasteiger partial charge in [-0.3, -0.25) is 9.59 Å². The zero-order chi connectivity index (χ0) is 22.2. The molecule has 0 saturated heterocycles. The number of aryl methyl sites for hydroxylation is 3. The average molecular weight is 425 g/mol. The van der Waals surface area contributed by atoms with Crippen LogP contribution in [-0.4, -0.2) is 40.3 Å². The molecule has 3 rings (SSSR count). The van der Waals surface area contributed by atoms with Crippen molar-refractivity contribution in [3.8, 4) is 0 Å². The predicted molar refractivity (Wildman–Crippen MR) is 122 cm³/mol. The van der Waals surface area contributed by atoms with Crippen LogP contribution in [0, 0.1) is 20.8 Å². The molecule has 2 heterocycles. The van der Waals surface area contributed by atoms with Crippen molar-refractivity contribution in [2.45, 2.75) is 47.0 Å². The number of aromatic nitrogens is 2. The summed E-state index contributed by atoms with van der Waals surface area (Å²) in [6.07, 6.45) is 0. The quantitative estimate of drug-likeness (QED) is 0.663. The van der Waals surface area contributed by atoms with E-state index in [0.717, 1.165) is 32.9 Å². The molecule has 0 atom stereocenters. The van der Waals surface area contributed by atoms with Crippen molar-refractivity contribution in [1.82, 2.24) is 14.9 Å². The van der Waals surface area contributed by atoms with E-state index in [4.69, 9.17) is 4.98 Å². The smallest absolute Gasteiger partial charge is 0.264 e. The highest BCUT2D eigenvalue weighted by Gasteiger charge is 2.25. The number of carbonyl (C=O) groups excluding carboxylic acids is 2. The lowest BCUT2D eigenvalue weighted by molar-refractivity contribution is -0.116. The molecular formula is C23H28N4O2S. The van der Waals surface area contributed by atoms with Gasteiger partial charge in [0.2, 0.25) is 5.91 Å².